The number of nitrogens with one attached hydrogen (secondary N) is 1. The Bertz CT molecular complexity index is 580. The molecule has 1 amide bonds. The molecule has 4 heteroatoms. The van der Waals surface area contributed by atoms with Crippen molar-refractivity contribution in [3.8, 4) is 5.75 Å². The van der Waals surface area contributed by atoms with Gasteiger partial charge in [0.15, 0.2) is 0 Å². The first-order valence-corrected chi connectivity index (χ1v) is 9.28. The fraction of sp³-hybridized carbons (Fsp3) is 0.600. The van der Waals surface area contributed by atoms with E-state index in [1.807, 2.05) is 38.1 Å². The van der Waals surface area contributed by atoms with Gasteiger partial charge in [-0.1, -0.05) is 25.7 Å². The second-order valence-electron chi connectivity index (χ2n) is 6.98. The standard InChI is InChI=1S/C20H28N2O2/c1-3-24-16-12-10-15(11-13-16)14(2)21-22-20(23)19-17-8-6-4-5-7-9-18(17)19/h10-13,17-19H,3-9H2,1-2H3,(H,22,23)/b21-14-/t17-,18+,19?. The Kier molecular flexibility index (Phi) is 5.54. The lowest BCUT2D eigenvalue weighted by atomic mass is 10.0. The molecule has 2 saturated carbocycles. The van der Waals surface area contributed by atoms with Gasteiger partial charge in [-0.25, -0.2) is 5.43 Å². The molecule has 0 heterocycles. The van der Waals surface area contributed by atoms with Gasteiger partial charge in [-0.05, 0) is 68.4 Å². The smallest absolute Gasteiger partial charge is 0.243 e. The third kappa shape index (κ3) is 3.97. The van der Waals surface area contributed by atoms with Crippen LogP contribution in [0, 0.1) is 17.8 Å². The van der Waals surface area contributed by atoms with Gasteiger partial charge >= 0.3 is 0 Å². The number of carbonyl (C=O) groups is 1. The minimum atomic E-state index is 0.109. The highest BCUT2D eigenvalue weighted by atomic mass is 16.5. The summed E-state index contributed by atoms with van der Waals surface area (Å²) in [5.74, 6) is 2.36. The summed E-state index contributed by atoms with van der Waals surface area (Å²) in [6, 6.07) is 7.81. The molecule has 0 bridgehead atoms. The molecule has 1 aromatic rings. The highest BCUT2D eigenvalue weighted by molar-refractivity contribution is 5.99. The molecule has 0 aliphatic heterocycles. The number of amides is 1. The first-order valence-electron chi connectivity index (χ1n) is 9.28. The number of fused-ring (bicyclic) bond motifs is 1. The van der Waals surface area contributed by atoms with E-state index in [9.17, 15) is 4.79 Å². The van der Waals surface area contributed by atoms with Gasteiger partial charge in [-0.3, -0.25) is 4.79 Å². The van der Waals surface area contributed by atoms with E-state index < -0.39 is 0 Å². The van der Waals surface area contributed by atoms with Crippen molar-refractivity contribution in [1.82, 2.24) is 5.43 Å². The van der Waals surface area contributed by atoms with Gasteiger partial charge in [0.25, 0.3) is 0 Å². The number of carbonyl (C=O) groups excluding carboxylic acids is 1. The molecule has 0 radical (unpaired) electrons. The maximum atomic E-state index is 12.4. The summed E-state index contributed by atoms with van der Waals surface area (Å²) >= 11 is 0. The van der Waals surface area contributed by atoms with E-state index >= 15 is 0 Å². The molecule has 0 saturated heterocycles. The molecule has 2 fully saturated rings. The highest BCUT2D eigenvalue weighted by Crippen LogP contribution is 2.53. The second-order valence-corrected chi connectivity index (χ2v) is 6.98. The molecule has 3 rings (SSSR count). The summed E-state index contributed by atoms with van der Waals surface area (Å²) in [6.45, 7) is 4.55. The van der Waals surface area contributed by atoms with Crippen LogP contribution in [0.4, 0.5) is 0 Å². The summed E-state index contributed by atoms with van der Waals surface area (Å²) in [7, 11) is 0. The fourth-order valence-electron chi connectivity index (χ4n) is 3.97. The molecule has 2 aliphatic carbocycles. The lowest BCUT2D eigenvalue weighted by Crippen LogP contribution is -2.22. The van der Waals surface area contributed by atoms with Gasteiger partial charge in [-0.2, -0.15) is 5.10 Å². The monoisotopic (exact) mass is 328 g/mol. The quantitative estimate of drug-likeness (QED) is 0.652. The van der Waals surface area contributed by atoms with Crippen LogP contribution in [-0.4, -0.2) is 18.2 Å². The zero-order valence-corrected chi connectivity index (χ0v) is 14.8. The van der Waals surface area contributed by atoms with Crippen LogP contribution in [0.2, 0.25) is 0 Å². The van der Waals surface area contributed by atoms with Crippen molar-refractivity contribution in [2.24, 2.45) is 22.9 Å². The van der Waals surface area contributed by atoms with Crippen LogP contribution < -0.4 is 10.2 Å². The molecule has 0 spiro atoms. The Morgan fingerprint density at radius 1 is 1.12 bits per heavy atom. The SMILES string of the molecule is CCOc1ccc(/C(C)=N\NC(=O)C2[C@H]3CCCCCC[C@@H]23)cc1. The molecule has 0 aromatic heterocycles. The predicted octanol–water partition coefficient (Wildman–Crippen LogP) is 4.14. The van der Waals surface area contributed by atoms with E-state index in [0.29, 0.717) is 18.4 Å². The van der Waals surface area contributed by atoms with Gasteiger partial charge < -0.3 is 4.74 Å². The molecule has 1 N–H and O–H groups in total. The molecule has 1 unspecified atom stereocenters. The normalized spacial score (nSPS) is 26.8. The first-order chi connectivity index (χ1) is 11.7. The minimum absolute atomic E-state index is 0.109. The first kappa shape index (κ1) is 17.0. The van der Waals surface area contributed by atoms with E-state index in [1.54, 1.807) is 0 Å². The molecular formula is C20H28N2O2. The van der Waals surface area contributed by atoms with Crippen LogP contribution in [0.1, 0.15) is 57.9 Å². The van der Waals surface area contributed by atoms with Gasteiger partial charge in [0, 0.05) is 5.92 Å². The molecule has 4 nitrogen and oxygen atoms in total. The van der Waals surface area contributed by atoms with Crippen LogP contribution in [0.5, 0.6) is 5.75 Å². The van der Waals surface area contributed by atoms with Crippen molar-refractivity contribution in [3.63, 3.8) is 0 Å². The van der Waals surface area contributed by atoms with Crippen LogP contribution in [-0.2, 0) is 4.79 Å². The minimum Gasteiger partial charge on any atom is -0.494 e. The van der Waals surface area contributed by atoms with Crippen molar-refractivity contribution < 1.29 is 9.53 Å². The van der Waals surface area contributed by atoms with Gasteiger partial charge in [0.2, 0.25) is 5.91 Å². The molecule has 3 atom stereocenters. The van der Waals surface area contributed by atoms with E-state index in [0.717, 1.165) is 17.0 Å². The summed E-state index contributed by atoms with van der Waals surface area (Å²) in [4.78, 5) is 12.4. The van der Waals surface area contributed by atoms with E-state index in [-0.39, 0.29) is 11.8 Å². The van der Waals surface area contributed by atoms with Crippen LogP contribution in [0.3, 0.4) is 0 Å². The maximum absolute atomic E-state index is 12.4. The Hall–Kier alpha value is -1.84. The van der Waals surface area contributed by atoms with Crippen molar-refractivity contribution in [2.45, 2.75) is 52.4 Å². The number of rotatable bonds is 5. The van der Waals surface area contributed by atoms with Crippen LogP contribution >= 0.6 is 0 Å². The number of hydrazone groups is 1. The lowest BCUT2D eigenvalue weighted by Gasteiger charge is -2.05. The molecule has 2 aliphatic rings. The molecule has 1 aromatic carbocycles. The summed E-state index contributed by atoms with van der Waals surface area (Å²) < 4.78 is 5.44. The average molecular weight is 328 g/mol. The average Bonchev–Trinajstić information content (AvgIpc) is 3.24. The Balaban J connectivity index is 1.55. The van der Waals surface area contributed by atoms with E-state index in [1.165, 1.54) is 38.5 Å². The van der Waals surface area contributed by atoms with Gasteiger partial charge in [-0.15, -0.1) is 0 Å². The maximum Gasteiger partial charge on any atom is 0.243 e. The van der Waals surface area contributed by atoms with Crippen molar-refractivity contribution in [1.29, 1.82) is 0 Å². The second kappa shape index (κ2) is 7.82. The third-order valence-corrected chi connectivity index (χ3v) is 5.38. The number of hydrogen-bond acceptors (Lipinski definition) is 3. The zero-order valence-electron chi connectivity index (χ0n) is 14.8. The lowest BCUT2D eigenvalue weighted by molar-refractivity contribution is -0.122. The number of nitrogens with zero attached hydrogens (tertiary/aromatic N) is 1. The summed E-state index contributed by atoms with van der Waals surface area (Å²) in [6.07, 6.45) is 7.63. The highest BCUT2D eigenvalue weighted by Gasteiger charge is 2.53. The predicted molar refractivity (Wildman–Crippen MR) is 96.1 cm³/mol. The van der Waals surface area contributed by atoms with E-state index in [2.05, 4.69) is 10.5 Å². The number of ether oxygens (including phenoxy) is 1. The number of benzene rings is 1. The van der Waals surface area contributed by atoms with Gasteiger partial charge in [0.05, 0.1) is 12.3 Å². The molecule has 24 heavy (non-hydrogen) atoms. The van der Waals surface area contributed by atoms with Crippen LogP contribution in [0.25, 0.3) is 0 Å². The van der Waals surface area contributed by atoms with Gasteiger partial charge in [0.1, 0.15) is 5.75 Å². The molecule has 130 valence electrons. The topological polar surface area (TPSA) is 50.7 Å². The van der Waals surface area contributed by atoms with Crippen molar-refractivity contribution >= 4 is 11.6 Å². The largest absolute Gasteiger partial charge is 0.494 e. The summed E-state index contributed by atoms with van der Waals surface area (Å²) in [5, 5.41) is 4.31. The van der Waals surface area contributed by atoms with Crippen molar-refractivity contribution in [2.75, 3.05) is 6.61 Å². The fourth-order valence-corrected chi connectivity index (χ4v) is 3.97. The zero-order chi connectivity index (χ0) is 16.9. The van der Waals surface area contributed by atoms with Crippen LogP contribution in [0.15, 0.2) is 29.4 Å². The van der Waals surface area contributed by atoms with Crippen molar-refractivity contribution in [3.05, 3.63) is 29.8 Å². The Morgan fingerprint density at radius 2 is 1.75 bits per heavy atom. The van der Waals surface area contributed by atoms with E-state index in [4.69, 9.17) is 4.74 Å². The number of hydrogen-bond donors (Lipinski definition) is 1. The Labute approximate surface area is 144 Å². The molecular weight excluding hydrogens is 300 g/mol. The third-order valence-electron chi connectivity index (χ3n) is 5.38. The summed E-state index contributed by atoms with van der Waals surface area (Å²) in [5.41, 5.74) is 4.62. The Morgan fingerprint density at radius 3 is 2.33 bits per heavy atom.